The van der Waals surface area contributed by atoms with Crippen molar-refractivity contribution in [3.8, 4) is 0 Å². The average Bonchev–Trinajstić information content (AvgIpc) is 3.27. The minimum Gasteiger partial charge on any atom is -0.462 e. The van der Waals surface area contributed by atoms with E-state index >= 15 is 0 Å². The standard InChI is InChI=1S/C49H77O14P/c1-3-5-7-9-11-13-15-17-19-21-22-24-26-28-30-32-34-40(50)36-37-43(52)62-41(39-61-64(58,59)63-49-47(56)45(54)44(53)46(55)48(49)57)38-60-42(51)35-33-31-29-27-25-23-20-18-16-14-12-10-8-6-4-2/h5,7,11-14,17-20,22,24-25,27-28,30,32,34,40-41,44-50,53-57H,3-4,6,8-10,15-16,21,23,26,29,31,33,35-39H2,1-2H3,(H,58,59)/b7-5-,13-11-,14-12-,19-17-,20-18-,24-22-,27-25-,30-28-,34-32-/t40?,41-,44?,45-,46+,47-,48-,49?/m1/s1. The van der Waals surface area contributed by atoms with Gasteiger partial charge in [0, 0.05) is 12.8 Å². The number of allylic oxidation sites excluding steroid dienone is 17. The molecule has 0 amide bonds. The zero-order chi connectivity index (χ0) is 47.3. The van der Waals surface area contributed by atoms with E-state index in [2.05, 4.69) is 86.8 Å². The Kier molecular flexibility index (Phi) is 34.4. The summed E-state index contributed by atoms with van der Waals surface area (Å²) in [4.78, 5) is 35.7. The highest BCUT2D eigenvalue weighted by atomic mass is 31.2. The Labute approximate surface area is 381 Å². The van der Waals surface area contributed by atoms with Crippen LogP contribution in [0.5, 0.6) is 0 Å². The van der Waals surface area contributed by atoms with Crippen molar-refractivity contribution in [2.75, 3.05) is 13.2 Å². The van der Waals surface area contributed by atoms with Crippen molar-refractivity contribution in [2.24, 2.45) is 0 Å². The van der Waals surface area contributed by atoms with E-state index in [0.29, 0.717) is 12.8 Å². The van der Waals surface area contributed by atoms with Gasteiger partial charge in [-0.25, -0.2) is 4.57 Å². The molecule has 9 atom stereocenters. The van der Waals surface area contributed by atoms with Crippen molar-refractivity contribution in [1.29, 1.82) is 0 Å². The number of ether oxygens (including phenoxy) is 2. The summed E-state index contributed by atoms with van der Waals surface area (Å²) in [5.74, 6) is -1.44. The van der Waals surface area contributed by atoms with Gasteiger partial charge in [0.15, 0.2) is 6.10 Å². The Morgan fingerprint density at radius 1 is 0.578 bits per heavy atom. The first kappa shape index (κ1) is 58.5. The van der Waals surface area contributed by atoms with Crippen LogP contribution in [0.2, 0.25) is 0 Å². The summed E-state index contributed by atoms with van der Waals surface area (Å²) < 4.78 is 33.3. The molecule has 0 aromatic rings. The van der Waals surface area contributed by atoms with E-state index in [-0.39, 0.29) is 19.3 Å². The van der Waals surface area contributed by atoms with Crippen molar-refractivity contribution in [2.45, 2.75) is 172 Å². The van der Waals surface area contributed by atoms with E-state index in [4.69, 9.17) is 18.5 Å². The molecule has 0 saturated heterocycles. The zero-order valence-corrected chi connectivity index (χ0v) is 38.8. The van der Waals surface area contributed by atoms with Gasteiger partial charge in [-0.2, -0.15) is 0 Å². The lowest BCUT2D eigenvalue weighted by Crippen LogP contribution is -2.64. The van der Waals surface area contributed by atoms with Gasteiger partial charge in [-0.15, -0.1) is 0 Å². The zero-order valence-electron chi connectivity index (χ0n) is 37.9. The highest BCUT2D eigenvalue weighted by Gasteiger charge is 2.51. The SMILES string of the molecule is CC/C=C\C/C=C\C/C=C\C/C=C\C/C=C\C=C/C(O)CCC(=O)O[C@H](COC(=O)CCCC/C=C\C/C=C\C/C=C\CCCCC)COP(=O)(O)OC1[C@H](O)[C@H](O)C(O)[C@H](O)[C@H]1O. The molecule has 0 spiro atoms. The first-order valence-corrected chi connectivity index (χ1v) is 24.3. The van der Waals surface area contributed by atoms with Crippen LogP contribution in [-0.2, 0) is 32.7 Å². The predicted molar refractivity (Wildman–Crippen MR) is 250 cm³/mol. The fourth-order valence-corrected chi connectivity index (χ4v) is 6.96. The van der Waals surface area contributed by atoms with Crippen molar-refractivity contribution in [3.05, 3.63) is 109 Å². The second-order valence-corrected chi connectivity index (χ2v) is 16.8. The smallest absolute Gasteiger partial charge is 0.462 e. The van der Waals surface area contributed by atoms with E-state index in [1.165, 1.54) is 25.3 Å². The fourth-order valence-electron chi connectivity index (χ4n) is 5.99. The molecule has 0 bridgehead atoms. The summed E-state index contributed by atoms with van der Waals surface area (Å²) in [5.41, 5.74) is 0. The molecule has 7 N–H and O–H groups in total. The van der Waals surface area contributed by atoms with Crippen molar-refractivity contribution < 1.29 is 68.2 Å². The third-order valence-corrected chi connectivity index (χ3v) is 10.7. The Balaban J connectivity index is 2.62. The number of phosphoric acid groups is 1. The monoisotopic (exact) mass is 921 g/mol. The van der Waals surface area contributed by atoms with Gasteiger partial charge in [-0.3, -0.25) is 18.6 Å². The van der Waals surface area contributed by atoms with Crippen LogP contribution in [0.15, 0.2) is 109 Å². The molecule has 1 fully saturated rings. The molecule has 1 rings (SSSR count). The normalized spacial score (nSPS) is 23.1. The third kappa shape index (κ3) is 29.8. The maximum Gasteiger partial charge on any atom is 0.472 e. The minimum atomic E-state index is -5.20. The molecule has 0 aliphatic heterocycles. The van der Waals surface area contributed by atoms with Gasteiger partial charge in [0.1, 0.15) is 43.2 Å². The molecule has 1 aliphatic rings. The summed E-state index contributed by atoms with van der Waals surface area (Å²) in [6.45, 7) is 2.90. The summed E-state index contributed by atoms with van der Waals surface area (Å²) >= 11 is 0. The van der Waals surface area contributed by atoms with E-state index in [1.807, 2.05) is 18.2 Å². The van der Waals surface area contributed by atoms with Crippen LogP contribution >= 0.6 is 7.82 Å². The minimum absolute atomic E-state index is 0.0236. The summed E-state index contributed by atoms with van der Waals surface area (Å²) in [7, 11) is -5.20. The topological polar surface area (TPSA) is 230 Å². The molecule has 0 radical (unpaired) electrons. The van der Waals surface area contributed by atoms with E-state index in [1.54, 1.807) is 12.2 Å². The fraction of sp³-hybridized carbons (Fsp3) is 0.592. The highest BCUT2D eigenvalue weighted by Crippen LogP contribution is 2.47. The van der Waals surface area contributed by atoms with E-state index in [9.17, 15) is 49.7 Å². The molecular formula is C49H77O14P. The molecule has 0 heterocycles. The molecule has 15 heteroatoms. The third-order valence-electron chi connectivity index (χ3n) is 9.72. The van der Waals surface area contributed by atoms with Crippen LogP contribution in [0.25, 0.3) is 0 Å². The lowest BCUT2D eigenvalue weighted by Gasteiger charge is -2.41. The Hall–Kier alpha value is -3.53. The van der Waals surface area contributed by atoms with E-state index in [0.717, 1.165) is 57.8 Å². The average molecular weight is 921 g/mol. The first-order valence-electron chi connectivity index (χ1n) is 22.8. The molecule has 1 saturated carbocycles. The van der Waals surface area contributed by atoms with Gasteiger partial charge in [0.2, 0.25) is 0 Å². The number of carbonyl (C=O) groups is 2. The molecule has 4 unspecified atom stereocenters. The van der Waals surface area contributed by atoms with Crippen LogP contribution in [-0.4, -0.2) is 110 Å². The lowest BCUT2D eigenvalue weighted by molar-refractivity contribution is -0.220. The van der Waals surface area contributed by atoms with Gasteiger partial charge < -0.3 is 45.0 Å². The number of unbranched alkanes of at least 4 members (excludes halogenated alkanes) is 5. The van der Waals surface area contributed by atoms with Crippen LogP contribution < -0.4 is 0 Å². The molecule has 64 heavy (non-hydrogen) atoms. The predicted octanol–water partition coefficient (Wildman–Crippen LogP) is 7.80. The van der Waals surface area contributed by atoms with Crippen LogP contribution in [0.4, 0.5) is 0 Å². The molecule has 0 aromatic carbocycles. The van der Waals surface area contributed by atoms with Crippen molar-refractivity contribution in [1.82, 2.24) is 0 Å². The maximum atomic E-state index is 12.8. The molecular weight excluding hydrogens is 843 g/mol. The lowest BCUT2D eigenvalue weighted by atomic mass is 9.85. The number of carbonyl (C=O) groups excluding carboxylic acids is 2. The second-order valence-electron chi connectivity index (χ2n) is 15.4. The largest absolute Gasteiger partial charge is 0.472 e. The first-order chi connectivity index (χ1) is 30.8. The quantitative estimate of drug-likeness (QED) is 0.0106. The summed E-state index contributed by atoms with van der Waals surface area (Å²) in [5, 5.41) is 60.5. The van der Waals surface area contributed by atoms with Crippen molar-refractivity contribution >= 4 is 19.8 Å². The van der Waals surface area contributed by atoms with Gasteiger partial charge in [-0.05, 0) is 83.5 Å². The Morgan fingerprint density at radius 2 is 1.06 bits per heavy atom. The van der Waals surface area contributed by atoms with Crippen molar-refractivity contribution in [3.63, 3.8) is 0 Å². The number of aliphatic hydroxyl groups is 6. The summed E-state index contributed by atoms with van der Waals surface area (Å²) in [6.07, 6.45) is 34.6. The van der Waals surface area contributed by atoms with Crippen LogP contribution in [0.3, 0.4) is 0 Å². The van der Waals surface area contributed by atoms with Gasteiger partial charge >= 0.3 is 19.8 Å². The maximum absolute atomic E-state index is 12.8. The van der Waals surface area contributed by atoms with Gasteiger partial charge in [0.25, 0.3) is 0 Å². The Bertz CT molecular complexity index is 1550. The molecule has 0 aromatic heterocycles. The van der Waals surface area contributed by atoms with E-state index < -0.39 is 81.8 Å². The highest BCUT2D eigenvalue weighted by molar-refractivity contribution is 7.47. The summed E-state index contributed by atoms with van der Waals surface area (Å²) in [6, 6.07) is 0. The number of hydrogen-bond donors (Lipinski definition) is 7. The van der Waals surface area contributed by atoms with Gasteiger partial charge in [0.05, 0.1) is 12.7 Å². The number of phosphoric ester groups is 1. The van der Waals surface area contributed by atoms with Crippen LogP contribution in [0, 0.1) is 0 Å². The number of esters is 2. The molecule has 362 valence electrons. The molecule has 14 nitrogen and oxygen atoms in total. The second kappa shape index (κ2) is 37.7. The van der Waals surface area contributed by atoms with Gasteiger partial charge in [-0.1, -0.05) is 136 Å². The Morgan fingerprint density at radius 3 is 1.59 bits per heavy atom. The van der Waals surface area contributed by atoms with Crippen LogP contribution in [0.1, 0.15) is 123 Å². The molecule has 1 aliphatic carbocycles. The number of rotatable bonds is 35. The number of hydrogen-bond acceptors (Lipinski definition) is 13. The number of aliphatic hydroxyl groups excluding tert-OH is 6.